The zero-order chi connectivity index (χ0) is 6.10. The molecule has 3 aliphatic rings. The fraction of sp³-hybridized carbons (Fsp3) is 1.00. The quantitative estimate of drug-likeness (QED) is 0.472. The van der Waals surface area contributed by atoms with Gasteiger partial charge in [-0.05, 0) is 0 Å². The molecule has 2 atom stereocenters. The summed E-state index contributed by atoms with van der Waals surface area (Å²) in [5.41, 5.74) is 0. The Kier molecular flexibility index (Phi) is 1.41. The van der Waals surface area contributed by atoms with Crippen LogP contribution in [0.1, 0.15) is 0 Å². The van der Waals surface area contributed by atoms with Gasteiger partial charge < -0.3 is 14.8 Å². The van der Waals surface area contributed by atoms with E-state index in [9.17, 15) is 0 Å². The van der Waals surface area contributed by atoms with E-state index in [4.69, 9.17) is 9.47 Å². The van der Waals surface area contributed by atoms with E-state index in [1.54, 1.807) is 0 Å². The molecule has 3 aliphatic heterocycles. The van der Waals surface area contributed by atoms with Crippen LogP contribution in [0.2, 0.25) is 0 Å². The van der Waals surface area contributed by atoms with Crippen LogP contribution in [-0.2, 0) is 9.47 Å². The molecule has 3 heteroatoms. The molecule has 0 aromatic rings. The van der Waals surface area contributed by atoms with Crippen molar-refractivity contribution in [3.8, 4) is 0 Å². The van der Waals surface area contributed by atoms with Crippen LogP contribution in [0, 0.1) is 0 Å². The average molecular weight is 129 g/mol. The third kappa shape index (κ3) is 1.08. The van der Waals surface area contributed by atoms with Crippen molar-refractivity contribution >= 4 is 0 Å². The number of hydrogen-bond donors (Lipinski definition) is 1. The maximum Gasteiger partial charge on any atom is 0.0933 e. The van der Waals surface area contributed by atoms with Crippen LogP contribution in [0.4, 0.5) is 0 Å². The van der Waals surface area contributed by atoms with E-state index in [0.717, 1.165) is 26.4 Å². The maximum atomic E-state index is 5.41. The number of rotatable bonds is 0. The number of nitrogens with one attached hydrogen (secondary N) is 1. The molecule has 0 saturated carbocycles. The van der Waals surface area contributed by atoms with Crippen LogP contribution in [0.5, 0.6) is 0 Å². The smallest absolute Gasteiger partial charge is 0.0933 e. The molecule has 9 heavy (non-hydrogen) atoms. The summed E-state index contributed by atoms with van der Waals surface area (Å²) in [7, 11) is 0. The van der Waals surface area contributed by atoms with E-state index in [1.807, 2.05) is 0 Å². The predicted octanol–water partition coefficient (Wildman–Crippen LogP) is -0.626. The minimum Gasteiger partial charge on any atom is -0.377 e. The Morgan fingerprint density at radius 3 is 3.00 bits per heavy atom. The molecule has 0 amide bonds. The van der Waals surface area contributed by atoms with Gasteiger partial charge in [-0.15, -0.1) is 0 Å². The van der Waals surface area contributed by atoms with Gasteiger partial charge in [-0.25, -0.2) is 0 Å². The molecular formula is C6H11NO2. The summed E-state index contributed by atoms with van der Waals surface area (Å²) in [4.78, 5) is 0. The molecule has 0 aromatic carbocycles. The molecule has 3 rings (SSSR count). The molecule has 0 aliphatic carbocycles. The fourth-order valence-electron chi connectivity index (χ4n) is 1.22. The molecular weight excluding hydrogens is 118 g/mol. The summed E-state index contributed by atoms with van der Waals surface area (Å²) in [6, 6.07) is 0.448. The van der Waals surface area contributed by atoms with Crippen molar-refractivity contribution < 1.29 is 9.47 Å². The van der Waals surface area contributed by atoms with Crippen molar-refractivity contribution in [2.24, 2.45) is 0 Å². The van der Waals surface area contributed by atoms with Crippen LogP contribution in [-0.4, -0.2) is 38.5 Å². The fourth-order valence-corrected chi connectivity index (χ4v) is 1.22. The van der Waals surface area contributed by atoms with Crippen molar-refractivity contribution in [1.82, 2.24) is 5.32 Å². The van der Waals surface area contributed by atoms with Crippen molar-refractivity contribution in [1.29, 1.82) is 0 Å². The lowest BCUT2D eigenvalue weighted by atomic mass is 10.3. The van der Waals surface area contributed by atoms with Gasteiger partial charge in [0.1, 0.15) is 0 Å². The number of morpholine rings is 1. The van der Waals surface area contributed by atoms with Crippen LogP contribution in [0.15, 0.2) is 0 Å². The Hall–Kier alpha value is -0.120. The van der Waals surface area contributed by atoms with E-state index in [0.29, 0.717) is 12.1 Å². The van der Waals surface area contributed by atoms with E-state index in [2.05, 4.69) is 5.32 Å². The highest BCUT2D eigenvalue weighted by Crippen LogP contribution is 2.06. The van der Waals surface area contributed by atoms with Gasteiger partial charge in [-0.2, -0.15) is 0 Å². The molecule has 52 valence electrons. The highest BCUT2D eigenvalue weighted by atomic mass is 16.5. The number of fused-ring (bicyclic) bond motifs is 4. The maximum absolute atomic E-state index is 5.41. The molecule has 0 radical (unpaired) electrons. The molecule has 0 aromatic heterocycles. The standard InChI is InChI=1S/C6H11NO2/c1-6-4-8-2-5(7-1)3-9-6/h5-7H,1-4H2. The highest BCUT2D eigenvalue weighted by Gasteiger charge is 2.24. The third-order valence-corrected chi connectivity index (χ3v) is 1.79. The van der Waals surface area contributed by atoms with Gasteiger partial charge in [-0.1, -0.05) is 0 Å². The molecule has 1 N–H and O–H groups in total. The molecule has 3 nitrogen and oxygen atoms in total. The zero-order valence-corrected chi connectivity index (χ0v) is 5.30. The molecule has 3 saturated heterocycles. The van der Waals surface area contributed by atoms with Crippen molar-refractivity contribution in [3.05, 3.63) is 0 Å². The SMILES string of the molecule is C1OCC2CNC1CO2. The van der Waals surface area contributed by atoms with Crippen molar-refractivity contribution in [2.75, 3.05) is 26.4 Å². The van der Waals surface area contributed by atoms with Crippen molar-refractivity contribution in [2.45, 2.75) is 12.1 Å². The van der Waals surface area contributed by atoms with Gasteiger partial charge in [0.15, 0.2) is 0 Å². The molecule has 2 bridgehead atoms. The van der Waals surface area contributed by atoms with Gasteiger partial charge in [0.05, 0.1) is 32.0 Å². The van der Waals surface area contributed by atoms with Crippen molar-refractivity contribution in [3.63, 3.8) is 0 Å². The van der Waals surface area contributed by atoms with Gasteiger partial charge in [0, 0.05) is 6.54 Å². The second-order valence-corrected chi connectivity index (χ2v) is 2.60. The minimum absolute atomic E-state index is 0.309. The molecule has 2 unspecified atom stereocenters. The molecule has 3 fully saturated rings. The largest absolute Gasteiger partial charge is 0.377 e. The predicted molar refractivity (Wildman–Crippen MR) is 32.3 cm³/mol. The highest BCUT2D eigenvalue weighted by molar-refractivity contribution is 4.78. The summed E-state index contributed by atoms with van der Waals surface area (Å²) < 4.78 is 10.7. The lowest BCUT2D eigenvalue weighted by Crippen LogP contribution is -2.45. The van der Waals surface area contributed by atoms with Gasteiger partial charge in [0.25, 0.3) is 0 Å². The molecule has 0 spiro atoms. The van der Waals surface area contributed by atoms with E-state index in [1.165, 1.54) is 0 Å². The summed E-state index contributed by atoms with van der Waals surface area (Å²) in [6.45, 7) is 3.37. The van der Waals surface area contributed by atoms with Gasteiger partial charge in [-0.3, -0.25) is 0 Å². The Bertz CT molecular complexity index is 81.7. The first kappa shape index (κ1) is 5.65. The lowest BCUT2D eigenvalue weighted by molar-refractivity contribution is 0.0106. The second-order valence-electron chi connectivity index (χ2n) is 2.60. The van der Waals surface area contributed by atoms with Crippen LogP contribution >= 0.6 is 0 Å². The normalized spacial score (nSPS) is 42.7. The van der Waals surface area contributed by atoms with E-state index < -0.39 is 0 Å². The van der Waals surface area contributed by atoms with Gasteiger partial charge >= 0.3 is 0 Å². The summed E-state index contributed by atoms with van der Waals surface area (Å²) in [5.74, 6) is 0. The Morgan fingerprint density at radius 1 is 1.22 bits per heavy atom. The summed E-state index contributed by atoms with van der Waals surface area (Å²) in [5, 5.41) is 3.33. The first-order valence-electron chi connectivity index (χ1n) is 3.38. The number of hydrogen-bond acceptors (Lipinski definition) is 3. The number of ether oxygens (including phenoxy) is 2. The van der Waals surface area contributed by atoms with Crippen LogP contribution < -0.4 is 5.32 Å². The Labute approximate surface area is 54.3 Å². The second kappa shape index (κ2) is 2.25. The molecule has 3 heterocycles. The lowest BCUT2D eigenvalue weighted by Gasteiger charge is -2.23. The summed E-state index contributed by atoms with van der Waals surface area (Å²) in [6.07, 6.45) is 0.309. The average Bonchev–Trinajstić information content (AvgIpc) is 2.21. The van der Waals surface area contributed by atoms with E-state index in [-0.39, 0.29) is 0 Å². The third-order valence-electron chi connectivity index (χ3n) is 1.79. The topological polar surface area (TPSA) is 30.5 Å². The summed E-state index contributed by atoms with van der Waals surface area (Å²) >= 11 is 0. The first-order valence-corrected chi connectivity index (χ1v) is 3.38. The first-order chi connectivity index (χ1) is 4.45. The zero-order valence-electron chi connectivity index (χ0n) is 5.30. The minimum atomic E-state index is 0.309. The Morgan fingerprint density at radius 2 is 2.22 bits per heavy atom. The monoisotopic (exact) mass is 129 g/mol. The Balaban J connectivity index is 2.03. The van der Waals surface area contributed by atoms with Crippen LogP contribution in [0.3, 0.4) is 0 Å². The van der Waals surface area contributed by atoms with Crippen LogP contribution in [0.25, 0.3) is 0 Å². The van der Waals surface area contributed by atoms with E-state index >= 15 is 0 Å². The van der Waals surface area contributed by atoms with Gasteiger partial charge in [0.2, 0.25) is 0 Å².